The van der Waals surface area contributed by atoms with Crippen molar-refractivity contribution >= 4 is 60.9 Å². The molecule has 1 aliphatic carbocycles. The van der Waals surface area contributed by atoms with Gasteiger partial charge in [0.25, 0.3) is 5.42 Å². The summed E-state index contributed by atoms with van der Waals surface area (Å²) in [6.07, 6.45) is 7.57. The van der Waals surface area contributed by atoms with Crippen LogP contribution in [0.5, 0.6) is 0 Å². The lowest BCUT2D eigenvalue weighted by Crippen LogP contribution is -2.11. The standard InChI is InChI=1S/C24H14NO3/c1-2-8-17-15(5-1)20-21-16-7-4-12-26-24(16)28-18-9-3-6-13(19(18)21)14-10-11-25-23(27-17)22(14)20/h1-2,4-5,7-12H,3,6H2/q+1. The number of aromatic nitrogens is 1. The van der Waals surface area contributed by atoms with E-state index < -0.39 is 0 Å². The third-order valence-corrected chi connectivity index (χ3v) is 5.84. The molecule has 0 radical (unpaired) electrons. The van der Waals surface area contributed by atoms with Crippen LogP contribution in [-0.4, -0.2) is 4.98 Å². The van der Waals surface area contributed by atoms with Gasteiger partial charge in [-0.15, -0.1) is 0 Å². The van der Waals surface area contributed by atoms with E-state index in [1.807, 2.05) is 30.5 Å². The molecule has 1 aliphatic rings. The maximum atomic E-state index is 6.19. The lowest BCUT2D eigenvalue weighted by molar-refractivity contribution is 0.447. The number of aryl methyl sites for hydroxylation is 1. The van der Waals surface area contributed by atoms with Gasteiger partial charge in [0, 0.05) is 28.4 Å². The van der Waals surface area contributed by atoms with Gasteiger partial charge in [-0.05, 0) is 48.1 Å². The Morgan fingerprint density at radius 2 is 1.71 bits per heavy atom. The molecule has 0 aliphatic heterocycles. The minimum absolute atomic E-state index is 0.541. The summed E-state index contributed by atoms with van der Waals surface area (Å²) >= 11 is 0. The monoisotopic (exact) mass is 364 g/mol. The maximum absolute atomic E-state index is 6.19. The number of pyridine rings is 1. The van der Waals surface area contributed by atoms with Gasteiger partial charge in [-0.25, -0.2) is 4.98 Å². The smallest absolute Gasteiger partial charge is 0.438 e. The summed E-state index contributed by atoms with van der Waals surface area (Å²) in [7, 11) is 0. The molecule has 0 bridgehead atoms. The second-order valence-electron chi connectivity index (χ2n) is 7.26. The van der Waals surface area contributed by atoms with Crippen LogP contribution in [0, 0.1) is 0 Å². The molecule has 28 heavy (non-hydrogen) atoms. The Kier molecular flexibility index (Phi) is 2.56. The molecule has 0 amide bonds. The summed E-state index contributed by atoms with van der Waals surface area (Å²) in [6, 6.07) is 14.2. The highest BCUT2D eigenvalue weighted by Crippen LogP contribution is 2.42. The third kappa shape index (κ3) is 1.66. The number of hydrogen-bond acceptors (Lipinski definition) is 3. The van der Waals surface area contributed by atoms with Crippen LogP contribution in [-0.2, 0) is 6.42 Å². The quantitative estimate of drug-likeness (QED) is 0.191. The van der Waals surface area contributed by atoms with Gasteiger partial charge in [-0.1, -0.05) is 18.2 Å². The van der Waals surface area contributed by atoms with Gasteiger partial charge in [-0.2, -0.15) is 0 Å². The van der Waals surface area contributed by atoms with Crippen LogP contribution >= 0.6 is 0 Å². The first kappa shape index (κ1) is 14.4. The van der Waals surface area contributed by atoms with E-state index in [-0.39, 0.29) is 0 Å². The van der Waals surface area contributed by atoms with Gasteiger partial charge in [0.1, 0.15) is 11.0 Å². The second kappa shape index (κ2) is 4.98. The minimum Gasteiger partial charge on any atom is -0.438 e. The average molecular weight is 364 g/mol. The molecule has 4 nitrogen and oxygen atoms in total. The Balaban J connectivity index is 2.00. The average Bonchev–Trinajstić information content (AvgIpc) is 2.75. The molecule has 0 fully saturated rings. The van der Waals surface area contributed by atoms with Crippen LogP contribution in [0.1, 0.15) is 12.0 Å². The maximum Gasteiger partial charge on any atom is 0.532 e. The van der Waals surface area contributed by atoms with Gasteiger partial charge in [0.05, 0.1) is 10.8 Å². The second-order valence-corrected chi connectivity index (χ2v) is 7.26. The highest BCUT2D eigenvalue weighted by atomic mass is 16.5. The van der Waals surface area contributed by atoms with Crippen molar-refractivity contribution in [3.8, 4) is 0 Å². The summed E-state index contributed by atoms with van der Waals surface area (Å²) in [5, 5.41) is 7.80. The topological polar surface area (TPSA) is 50.5 Å². The van der Waals surface area contributed by atoms with E-state index >= 15 is 0 Å². The van der Waals surface area contributed by atoms with Crippen LogP contribution in [0.3, 0.4) is 0 Å². The summed E-state index contributed by atoms with van der Waals surface area (Å²) < 4.78 is 18.1. The lowest BCUT2D eigenvalue weighted by atomic mass is 9.88. The zero-order valence-corrected chi connectivity index (χ0v) is 14.9. The molecule has 4 heterocycles. The van der Waals surface area contributed by atoms with Crippen LogP contribution in [0.15, 0.2) is 68.2 Å². The first-order valence-electron chi connectivity index (χ1n) is 9.44. The molecule has 7 rings (SSSR count). The SMILES string of the molecule is C1=c2oc3[o+]cccc3c3c2c(c2ccnc4oc5ccccc5c3c42)CC1. The van der Waals surface area contributed by atoms with Crippen molar-refractivity contribution in [1.82, 2.24) is 4.98 Å². The van der Waals surface area contributed by atoms with Crippen molar-refractivity contribution in [1.29, 1.82) is 0 Å². The third-order valence-electron chi connectivity index (χ3n) is 5.84. The lowest BCUT2D eigenvalue weighted by Gasteiger charge is -2.17. The van der Waals surface area contributed by atoms with Crippen molar-refractivity contribution in [2.75, 3.05) is 0 Å². The number of benzene rings is 2. The van der Waals surface area contributed by atoms with Gasteiger partial charge >= 0.3 is 5.78 Å². The summed E-state index contributed by atoms with van der Waals surface area (Å²) in [4.78, 5) is 4.56. The van der Waals surface area contributed by atoms with E-state index in [2.05, 4.69) is 29.3 Å². The Bertz CT molecular complexity index is 1670. The van der Waals surface area contributed by atoms with E-state index in [1.165, 1.54) is 16.3 Å². The fourth-order valence-electron chi connectivity index (χ4n) is 4.76. The zero-order valence-electron chi connectivity index (χ0n) is 14.9. The number of para-hydroxylation sites is 1. The summed E-state index contributed by atoms with van der Waals surface area (Å²) in [5.41, 5.74) is 3.68. The Hall–Kier alpha value is -3.66. The molecule has 0 saturated carbocycles. The van der Waals surface area contributed by atoms with Crippen LogP contribution in [0.25, 0.3) is 60.9 Å². The van der Waals surface area contributed by atoms with E-state index in [1.54, 1.807) is 6.26 Å². The highest BCUT2D eigenvalue weighted by molar-refractivity contribution is 6.33. The molecule has 0 spiro atoms. The van der Waals surface area contributed by atoms with Crippen molar-refractivity contribution < 1.29 is 13.3 Å². The Labute approximate surface area is 158 Å². The number of nitrogens with zero attached hydrogens (tertiary/aromatic N) is 1. The minimum atomic E-state index is 0.541. The van der Waals surface area contributed by atoms with Crippen LogP contribution in [0.4, 0.5) is 0 Å². The molecule has 2 aromatic carbocycles. The molecular weight excluding hydrogens is 350 g/mol. The van der Waals surface area contributed by atoms with Gasteiger partial charge in [0.15, 0.2) is 0 Å². The van der Waals surface area contributed by atoms with Crippen molar-refractivity contribution in [2.24, 2.45) is 0 Å². The van der Waals surface area contributed by atoms with Crippen LogP contribution in [0.2, 0.25) is 0 Å². The number of fused-ring (bicyclic) bond motifs is 6. The molecular formula is C24H14NO3+. The molecule has 4 aromatic heterocycles. The van der Waals surface area contributed by atoms with E-state index in [0.717, 1.165) is 50.8 Å². The predicted octanol–water partition coefficient (Wildman–Crippen LogP) is 5.92. The normalized spacial score (nSPS) is 13.7. The summed E-state index contributed by atoms with van der Waals surface area (Å²) in [5.74, 6) is 0.541. The van der Waals surface area contributed by atoms with Crippen LogP contribution < -0.4 is 5.42 Å². The molecule has 6 aromatic rings. The van der Waals surface area contributed by atoms with Gasteiger partial charge in [0.2, 0.25) is 12.0 Å². The molecule has 0 saturated heterocycles. The first-order chi connectivity index (χ1) is 13.9. The predicted molar refractivity (Wildman–Crippen MR) is 110 cm³/mol. The summed E-state index contributed by atoms with van der Waals surface area (Å²) in [6.45, 7) is 0. The van der Waals surface area contributed by atoms with Gasteiger partial charge < -0.3 is 4.42 Å². The number of rotatable bonds is 0. The fourth-order valence-corrected chi connectivity index (χ4v) is 4.76. The first-order valence-corrected chi connectivity index (χ1v) is 9.44. The largest absolute Gasteiger partial charge is 0.532 e. The Morgan fingerprint density at radius 1 is 0.821 bits per heavy atom. The van der Waals surface area contributed by atoms with E-state index in [0.29, 0.717) is 11.5 Å². The number of hydrogen-bond donors (Lipinski definition) is 0. The Morgan fingerprint density at radius 3 is 2.71 bits per heavy atom. The van der Waals surface area contributed by atoms with E-state index in [9.17, 15) is 0 Å². The molecule has 0 unspecified atom stereocenters. The van der Waals surface area contributed by atoms with Crippen molar-refractivity contribution in [2.45, 2.75) is 12.8 Å². The highest BCUT2D eigenvalue weighted by Gasteiger charge is 2.26. The molecule has 0 N–H and O–H groups in total. The zero-order chi connectivity index (χ0) is 18.2. The van der Waals surface area contributed by atoms with E-state index in [4.69, 9.17) is 13.3 Å². The van der Waals surface area contributed by atoms with Crippen molar-refractivity contribution in [3.05, 3.63) is 65.9 Å². The molecule has 0 atom stereocenters. The van der Waals surface area contributed by atoms with Crippen molar-refractivity contribution in [3.63, 3.8) is 0 Å². The molecule has 4 heteroatoms. The van der Waals surface area contributed by atoms with Gasteiger partial charge in [-0.3, -0.25) is 8.83 Å². The fraction of sp³-hybridized carbons (Fsp3) is 0.0833. The molecule has 132 valence electrons.